The lowest BCUT2D eigenvalue weighted by Crippen LogP contribution is -2.38. The molecule has 1 aliphatic heterocycles. The summed E-state index contributed by atoms with van der Waals surface area (Å²) in [4.78, 5) is 29.1. The van der Waals surface area contributed by atoms with Gasteiger partial charge in [-0.1, -0.05) is 28.4 Å². The van der Waals surface area contributed by atoms with Gasteiger partial charge in [-0.2, -0.15) is 0 Å². The maximum atomic E-state index is 12.1. The first-order chi connectivity index (χ1) is 10.9. The second kappa shape index (κ2) is 7.19. The van der Waals surface area contributed by atoms with Gasteiger partial charge in [0.25, 0.3) is 5.91 Å². The van der Waals surface area contributed by atoms with Gasteiger partial charge in [-0.3, -0.25) is 4.79 Å². The molecule has 1 aliphatic rings. The Labute approximate surface area is 143 Å². The molecule has 0 aromatic heterocycles. The van der Waals surface area contributed by atoms with Crippen LogP contribution >= 0.6 is 23.2 Å². The van der Waals surface area contributed by atoms with E-state index in [1.807, 2.05) is 0 Å². The molecule has 1 heterocycles. The summed E-state index contributed by atoms with van der Waals surface area (Å²) in [6.45, 7) is 3.71. The lowest BCUT2D eigenvalue weighted by Gasteiger charge is -2.18. The average Bonchev–Trinajstić information content (AvgIpc) is 2.90. The molecule has 1 amide bonds. The SMILES string of the molecule is CCOC(=O)C1(C)CC(CNC(=O)c2cc(Cl)ccc2Cl)=NO1. The molecule has 1 aromatic rings. The summed E-state index contributed by atoms with van der Waals surface area (Å²) in [6.07, 6.45) is 0.245. The number of nitrogens with one attached hydrogen (secondary N) is 1. The molecule has 0 saturated carbocycles. The van der Waals surface area contributed by atoms with Crippen molar-refractivity contribution in [2.45, 2.75) is 25.9 Å². The van der Waals surface area contributed by atoms with Gasteiger partial charge in [-0.05, 0) is 32.0 Å². The Kier molecular flexibility index (Phi) is 5.49. The van der Waals surface area contributed by atoms with Gasteiger partial charge in [0.1, 0.15) is 0 Å². The van der Waals surface area contributed by atoms with Crippen LogP contribution in [0.3, 0.4) is 0 Å². The Bertz CT molecular complexity index is 663. The van der Waals surface area contributed by atoms with Crippen molar-refractivity contribution in [1.29, 1.82) is 0 Å². The van der Waals surface area contributed by atoms with Gasteiger partial charge in [-0.15, -0.1) is 0 Å². The molecule has 1 unspecified atom stereocenters. The summed E-state index contributed by atoms with van der Waals surface area (Å²) < 4.78 is 4.94. The van der Waals surface area contributed by atoms with Crippen LogP contribution in [0.4, 0.5) is 0 Å². The van der Waals surface area contributed by atoms with Crippen molar-refractivity contribution in [2.24, 2.45) is 5.16 Å². The summed E-state index contributed by atoms with van der Waals surface area (Å²) in [5, 5.41) is 7.22. The third-order valence-corrected chi connectivity index (χ3v) is 3.82. The highest BCUT2D eigenvalue weighted by Crippen LogP contribution is 2.25. The minimum Gasteiger partial charge on any atom is -0.463 e. The number of carbonyl (C=O) groups excluding carboxylic acids is 2. The Morgan fingerprint density at radius 3 is 2.87 bits per heavy atom. The van der Waals surface area contributed by atoms with Crippen molar-refractivity contribution in [3.63, 3.8) is 0 Å². The number of benzene rings is 1. The van der Waals surface area contributed by atoms with Crippen molar-refractivity contribution in [2.75, 3.05) is 13.2 Å². The molecule has 8 heteroatoms. The van der Waals surface area contributed by atoms with Gasteiger partial charge < -0.3 is 14.9 Å². The fraction of sp³-hybridized carbons (Fsp3) is 0.400. The topological polar surface area (TPSA) is 77.0 Å². The Morgan fingerprint density at radius 1 is 1.43 bits per heavy atom. The van der Waals surface area contributed by atoms with Crippen LogP contribution in [0.2, 0.25) is 10.0 Å². The number of hydrogen-bond donors (Lipinski definition) is 1. The molecule has 1 atom stereocenters. The average molecular weight is 359 g/mol. The van der Waals surface area contributed by atoms with E-state index in [4.69, 9.17) is 32.8 Å². The van der Waals surface area contributed by atoms with Crippen LogP contribution in [0.25, 0.3) is 0 Å². The van der Waals surface area contributed by atoms with E-state index < -0.39 is 11.6 Å². The number of rotatable bonds is 5. The highest BCUT2D eigenvalue weighted by Gasteiger charge is 2.43. The van der Waals surface area contributed by atoms with E-state index in [0.29, 0.717) is 15.8 Å². The van der Waals surface area contributed by atoms with Gasteiger partial charge in [0.15, 0.2) is 0 Å². The van der Waals surface area contributed by atoms with Crippen LogP contribution < -0.4 is 5.32 Å². The lowest BCUT2D eigenvalue weighted by molar-refractivity contribution is -0.166. The van der Waals surface area contributed by atoms with E-state index in [1.54, 1.807) is 26.0 Å². The van der Waals surface area contributed by atoms with Crippen molar-refractivity contribution < 1.29 is 19.2 Å². The molecule has 0 fully saturated rings. The third kappa shape index (κ3) is 4.14. The first-order valence-corrected chi connectivity index (χ1v) is 7.75. The van der Waals surface area contributed by atoms with Crippen LogP contribution in [-0.2, 0) is 14.4 Å². The summed E-state index contributed by atoms with van der Waals surface area (Å²) in [7, 11) is 0. The minimum atomic E-state index is -1.15. The smallest absolute Gasteiger partial charge is 0.353 e. The molecule has 0 aliphatic carbocycles. The van der Waals surface area contributed by atoms with E-state index >= 15 is 0 Å². The molecule has 0 bridgehead atoms. The highest BCUT2D eigenvalue weighted by atomic mass is 35.5. The maximum Gasteiger partial charge on any atom is 0.353 e. The second-order valence-corrected chi connectivity index (χ2v) is 6.03. The molecule has 0 spiro atoms. The van der Waals surface area contributed by atoms with Crippen LogP contribution in [0, 0.1) is 0 Å². The van der Waals surface area contributed by atoms with Crippen LogP contribution in [0.15, 0.2) is 23.4 Å². The summed E-state index contributed by atoms with van der Waals surface area (Å²) in [5.74, 6) is -0.868. The molecule has 1 aromatic carbocycles. The number of nitrogens with zero attached hydrogens (tertiary/aromatic N) is 1. The zero-order chi connectivity index (χ0) is 17.0. The molecule has 6 nitrogen and oxygen atoms in total. The van der Waals surface area contributed by atoms with Gasteiger partial charge in [0, 0.05) is 11.4 Å². The number of carbonyl (C=O) groups is 2. The zero-order valence-corrected chi connectivity index (χ0v) is 14.2. The molecule has 1 N–H and O–H groups in total. The van der Waals surface area contributed by atoms with E-state index in [2.05, 4.69) is 10.5 Å². The third-order valence-electron chi connectivity index (χ3n) is 3.25. The molecule has 124 valence electrons. The van der Waals surface area contributed by atoms with Gasteiger partial charge in [0.2, 0.25) is 5.60 Å². The number of oxime groups is 1. The molecular weight excluding hydrogens is 343 g/mol. The predicted octanol–water partition coefficient (Wildman–Crippen LogP) is 2.82. The first kappa shape index (κ1) is 17.6. The van der Waals surface area contributed by atoms with Crippen molar-refractivity contribution in [1.82, 2.24) is 5.32 Å². The van der Waals surface area contributed by atoms with E-state index in [-0.39, 0.29) is 31.0 Å². The maximum absolute atomic E-state index is 12.1. The fourth-order valence-corrected chi connectivity index (χ4v) is 2.43. The van der Waals surface area contributed by atoms with Gasteiger partial charge in [0.05, 0.1) is 29.4 Å². The monoisotopic (exact) mass is 358 g/mol. The number of amides is 1. The van der Waals surface area contributed by atoms with E-state index in [1.165, 1.54) is 6.07 Å². The Hall–Kier alpha value is -1.79. The molecule has 0 saturated heterocycles. The normalized spacial score (nSPS) is 19.7. The molecule has 0 radical (unpaired) electrons. The number of hydrogen-bond acceptors (Lipinski definition) is 5. The molecule has 23 heavy (non-hydrogen) atoms. The Balaban J connectivity index is 1.93. The van der Waals surface area contributed by atoms with Crippen molar-refractivity contribution >= 4 is 40.8 Å². The molecular formula is C15H16Cl2N2O4. The number of halogens is 2. The van der Waals surface area contributed by atoms with Crippen molar-refractivity contribution in [3.8, 4) is 0 Å². The summed E-state index contributed by atoms with van der Waals surface area (Å²) in [6, 6.07) is 4.63. The number of esters is 1. The Morgan fingerprint density at radius 2 is 2.17 bits per heavy atom. The highest BCUT2D eigenvalue weighted by molar-refractivity contribution is 6.35. The molecule has 2 rings (SSSR count). The quantitative estimate of drug-likeness (QED) is 0.821. The summed E-state index contributed by atoms with van der Waals surface area (Å²) in [5.41, 5.74) is -0.345. The van der Waals surface area contributed by atoms with E-state index in [9.17, 15) is 9.59 Å². The first-order valence-electron chi connectivity index (χ1n) is 7.00. The van der Waals surface area contributed by atoms with E-state index in [0.717, 1.165) is 0 Å². The standard InChI is InChI=1S/C15H16Cl2N2O4/c1-3-22-14(21)15(2)7-10(19-23-15)8-18-13(20)11-6-9(16)4-5-12(11)17/h4-6H,3,7-8H2,1-2H3,(H,18,20). The summed E-state index contributed by atoms with van der Waals surface area (Å²) >= 11 is 11.8. The van der Waals surface area contributed by atoms with Crippen molar-refractivity contribution in [3.05, 3.63) is 33.8 Å². The largest absolute Gasteiger partial charge is 0.463 e. The minimum absolute atomic E-state index is 0.136. The fourth-order valence-electron chi connectivity index (χ4n) is 2.06. The lowest BCUT2D eigenvalue weighted by atomic mass is 10.00. The van der Waals surface area contributed by atoms with Gasteiger partial charge in [-0.25, -0.2) is 4.79 Å². The van der Waals surface area contributed by atoms with Gasteiger partial charge >= 0.3 is 5.97 Å². The number of ether oxygens (including phenoxy) is 1. The zero-order valence-electron chi connectivity index (χ0n) is 12.7. The predicted molar refractivity (Wildman–Crippen MR) is 87.0 cm³/mol. The van der Waals surface area contributed by atoms with Crippen LogP contribution in [0.1, 0.15) is 30.6 Å². The second-order valence-electron chi connectivity index (χ2n) is 5.18. The van der Waals surface area contributed by atoms with Crippen LogP contribution in [0.5, 0.6) is 0 Å². The van der Waals surface area contributed by atoms with Crippen LogP contribution in [-0.4, -0.2) is 36.3 Å².